The van der Waals surface area contributed by atoms with Gasteiger partial charge in [-0.3, -0.25) is 9.48 Å². The highest BCUT2D eigenvalue weighted by molar-refractivity contribution is 7.20. The quantitative estimate of drug-likeness (QED) is 0.617. The fraction of sp³-hybridized carbons (Fsp3) is 0.455. The lowest BCUT2D eigenvalue weighted by molar-refractivity contribution is 0.0511. The fourth-order valence-corrected chi connectivity index (χ4v) is 4.93. The zero-order valence-corrected chi connectivity index (χ0v) is 18.3. The van der Waals surface area contributed by atoms with Crippen LogP contribution < -0.4 is 4.90 Å². The van der Waals surface area contributed by atoms with Crippen LogP contribution >= 0.6 is 11.3 Å². The van der Waals surface area contributed by atoms with E-state index in [0.29, 0.717) is 13.1 Å². The number of hydrogen-bond donors (Lipinski definition) is 0. The molecule has 1 aliphatic rings. The first-order chi connectivity index (χ1) is 13.9. The molecule has 1 unspecified atom stereocenters. The van der Waals surface area contributed by atoms with E-state index in [-0.39, 0.29) is 12.0 Å². The molecule has 2 aromatic heterocycles. The number of anilines is 1. The Kier molecular flexibility index (Phi) is 5.61. The van der Waals surface area contributed by atoms with Gasteiger partial charge in [-0.15, -0.1) is 11.3 Å². The number of nitrogens with zero attached hydrogens (tertiary/aromatic N) is 4. The number of hydrogen-bond acceptors (Lipinski definition) is 5. The van der Waals surface area contributed by atoms with Crippen LogP contribution in [0.4, 0.5) is 5.69 Å². The molecule has 1 fully saturated rings. The van der Waals surface area contributed by atoms with Crippen LogP contribution in [0.1, 0.15) is 33.8 Å². The summed E-state index contributed by atoms with van der Waals surface area (Å²) in [5.74, 6) is 0.0674. The Bertz CT molecular complexity index is 965. The monoisotopic (exact) mass is 412 g/mol. The minimum Gasteiger partial charge on any atom is -0.378 e. The molecule has 7 heteroatoms. The number of carbonyl (C=O) groups is 1. The van der Waals surface area contributed by atoms with Gasteiger partial charge in [-0.2, -0.15) is 5.10 Å². The first kappa shape index (κ1) is 19.9. The van der Waals surface area contributed by atoms with Crippen LogP contribution in [0.25, 0.3) is 10.2 Å². The highest BCUT2D eigenvalue weighted by Crippen LogP contribution is 2.29. The summed E-state index contributed by atoms with van der Waals surface area (Å²) in [6.07, 6.45) is 2.20. The zero-order valence-electron chi connectivity index (χ0n) is 17.5. The molecule has 0 radical (unpaired) electrons. The molecule has 0 N–H and O–H groups in total. The molecule has 1 aliphatic heterocycles. The van der Waals surface area contributed by atoms with Crippen molar-refractivity contribution in [3.05, 3.63) is 46.5 Å². The lowest BCUT2D eigenvalue weighted by Crippen LogP contribution is -2.36. The Morgan fingerprint density at radius 1 is 1.31 bits per heavy atom. The largest absolute Gasteiger partial charge is 0.378 e. The first-order valence-corrected chi connectivity index (χ1v) is 10.8. The van der Waals surface area contributed by atoms with Gasteiger partial charge in [0, 0.05) is 51.9 Å². The van der Waals surface area contributed by atoms with E-state index in [4.69, 9.17) is 4.74 Å². The van der Waals surface area contributed by atoms with Crippen LogP contribution in [0.2, 0.25) is 0 Å². The van der Waals surface area contributed by atoms with E-state index >= 15 is 0 Å². The Hall–Kier alpha value is -2.38. The highest BCUT2D eigenvalue weighted by Gasteiger charge is 2.25. The fourth-order valence-electron chi connectivity index (χ4n) is 3.84. The van der Waals surface area contributed by atoms with Gasteiger partial charge in [0.05, 0.1) is 16.7 Å². The van der Waals surface area contributed by atoms with Crippen molar-refractivity contribution in [2.24, 2.45) is 7.05 Å². The topological polar surface area (TPSA) is 50.6 Å². The van der Waals surface area contributed by atoms with Crippen LogP contribution in [0, 0.1) is 6.92 Å². The van der Waals surface area contributed by atoms with E-state index in [1.165, 1.54) is 11.3 Å². The summed E-state index contributed by atoms with van der Waals surface area (Å²) in [5, 5.41) is 5.51. The zero-order chi connectivity index (χ0) is 20.5. The predicted molar refractivity (Wildman–Crippen MR) is 118 cm³/mol. The maximum absolute atomic E-state index is 13.4. The predicted octanol–water partition coefficient (Wildman–Crippen LogP) is 3.83. The average Bonchev–Trinajstić information content (AvgIpc) is 3.41. The number of aryl methyl sites for hydroxylation is 2. The van der Waals surface area contributed by atoms with Crippen molar-refractivity contribution in [1.82, 2.24) is 14.7 Å². The molecule has 1 atom stereocenters. The summed E-state index contributed by atoms with van der Waals surface area (Å²) < 4.78 is 7.69. The molecule has 1 aromatic carbocycles. The normalized spacial score (nSPS) is 16.5. The molecule has 3 heterocycles. The number of amides is 1. The van der Waals surface area contributed by atoms with E-state index in [1.54, 1.807) is 0 Å². The third-order valence-corrected chi connectivity index (χ3v) is 6.66. The van der Waals surface area contributed by atoms with Gasteiger partial charge in [0.1, 0.15) is 4.83 Å². The molecule has 0 bridgehead atoms. The van der Waals surface area contributed by atoms with Crippen LogP contribution in [0.15, 0.2) is 30.3 Å². The third-order valence-electron chi connectivity index (χ3n) is 5.47. The van der Waals surface area contributed by atoms with E-state index < -0.39 is 0 Å². The number of fused-ring (bicyclic) bond motifs is 1. The molecule has 1 saturated heterocycles. The van der Waals surface area contributed by atoms with Crippen molar-refractivity contribution in [2.45, 2.75) is 32.4 Å². The summed E-state index contributed by atoms with van der Waals surface area (Å²) in [6, 6.07) is 10.4. The first-order valence-electron chi connectivity index (χ1n) is 10.0. The summed E-state index contributed by atoms with van der Waals surface area (Å²) >= 11 is 1.52. The van der Waals surface area contributed by atoms with Crippen molar-refractivity contribution >= 4 is 33.1 Å². The molecule has 3 aromatic rings. The maximum atomic E-state index is 13.4. The molecule has 6 nitrogen and oxygen atoms in total. The SMILES string of the molecule is Cc1nn(C)c2sc(C(=O)N(Cc3ccc(N(C)C)cc3)CC3CCCO3)cc12. The maximum Gasteiger partial charge on any atom is 0.264 e. The van der Waals surface area contributed by atoms with Gasteiger partial charge in [-0.05, 0) is 43.5 Å². The standard InChI is InChI=1S/C22H28N4O2S/c1-15-19-12-20(29-22(19)25(4)23-15)21(27)26(14-18-6-5-11-28-18)13-16-7-9-17(10-8-16)24(2)3/h7-10,12,18H,5-6,11,13-14H2,1-4H3. The number of ether oxygens (including phenoxy) is 1. The number of benzene rings is 1. The van der Waals surface area contributed by atoms with E-state index in [2.05, 4.69) is 34.3 Å². The van der Waals surface area contributed by atoms with Gasteiger partial charge >= 0.3 is 0 Å². The summed E-state index contributed by atoms with van der Waals surface area (Å²) in [4.78, 5) is 19.3. The number of aromatic nitrogens is 2. The van der Waals surface area contributed by atoms with E-state index in [9.17, 15) is 4.79 Å². The van der Waals surface area contributed by atoms with E-state index in [0.717, 1.165) is 51.5 Å². The minimum absolute atomic E-state index is 0.0674. The summed E-state index contributed by atoms with van der Waals surface area (Å²) in [5.41, 5.74) is 3.24. The average molecular weight is 413 g/mol. The Morgan fingerprint density at radius 3 is 2.69 bits per heavy atom. The van der Waals surface area contributed by atoms with Crippen molar-refractivity contribution in [2.75, 3.05) is 32.1 Å². The molecular weight excluding hydrogens is 384 g/mol. The number of carbonyl (C=O) groups excluding carboxylic acids is 1. The molecular formula is C22H28N4O2S. The van der Waals surface area contributed by atoms with Gasteiger partial charge < -0.3 is 14.5 Å². The van der Waals surface area contributed by atoms with Gasteiger partial charge in [-0.25, -0.2) is 0 Å². The Balaban J connectivity index is 1.59. The molecule has 1 amide bonds. The Labute approximate surface area is 175 Å². The molecule has 0 spiro atoms. The van der Waals surface area contributed by atoms with Gasteiger partial charge in [0.15, 0.2) is 0 Å². The van der Waals surface area contributed by atoms with Gasteiger partial charge in [-0.1, -0.05) is 12.1 Å². The van der Waals surface area contributed by atoms with Gasteiger partial charge in [0.25, 0.3) is 5.91 Å². The molecule has 29 heavy (non-hydrogen) atoms. The highest BCUT2D eigenvalue weighted by atomic mass is 32.1. The summed E-state index contributed by atoms with van der Waals surface area (Å²) in [7, 11) is 5.98. The van der Waals surface area contributed by atoms with Gasteiger partial charge in [0.2, 0.25) is 0 Å². The van der Waals surface area contributed by atoms with Crippen LogP contribution in [-0.2, 0) is 18.3 Å². The van der Waals surface area contributed by atoms with Crippen molar-refractivity contribution in [3.63, 3.8) is 0 Å². The second-order valence-electron chi connectivity index (χ2n) is 7.92. The van der Waals surface area contributed by atoms with E-state index in [1.807, 2.05) is 43.7 Å². The second kappa shape index (κ2) is 8.16. The number of thiophene rings is 1. The van der Waals surface area contributed by atoms with Crippen LogP contribution in [0.5, 0.6) is 0 Å². The smallest absolute Gasteiger partial charge is 0.264 e. The van der Waals surface area contributed by atoms with Crippen molar-refractivity contribution < 1.29 is 9.53 Å². The van der Waals surface area contributed by atoms with Crippen molar-refractivity contribution in [1.29, 1.82) is 0 Å². The Morgan fingerprint density at radius 2 is 2.07 bits per heavy atom. The molecule has 0 saturated carbocycles. The lowest BCUT2D eigenvalue weighted by atomic mass is 10.1. The van der Waals surface area contributed by atoms with Crippen LogP contribution in [-0.4, -0.2) is 53.9 Å². The van der Waals surface area contributed by atoms with Crippen LogP contribution in [0.3, 0.4) is 0 Å². The lowest BCUT2D eigenvalue weighted by Gasteiger charge is -2.25. The molecule has 154 valence electrons. The van der Waals surface area contributed by atoms with Crippen molar-refractivity contribution in [3.8, 4) is 0 Å². The summed E-state index contributed by atoms with van der Waals surface area (Å²) in [6.45, 7) is 3.98. The molecule has 0 aliphatic carbocycles. The molecule has 4 rings (SSSR count). The number of rotatable bonds is 6. The second-order valence-corrected chi connectivity index (χ2v) is 8.95. The minimum atomic E-state index is 0.0674. The third kappa shape index (κ3) is 4.16.